The number of thioether (sulfide) groups is 1. The SMILES string of the molecule is CCSC1=NC(=CC(N)=O)NS1. The standard InChI is InChI=1S/C6H9N3OS2/c1-2-11-6-8-5(9-12-6)3-4(7)10/h3,9H,2H2,1H3,(H2,7,10). The van der Waals surface area contributed by atoms with Gasteiger partial charge in [0.25, 0.3) is 0 Å². The summed E-state index contributed by atoms with van der Waals surface area (Å²) in [5.41, 5.74) is 4.95. The minimum Gasteiger partial charge on any atom is -0.366 e. The summed E-state index contributed by atoms with van der Waals surface area (Å²) < 4.78 is 3.80. The summed E-state index contributed by atoms with van der Waals surface area (Å²) in [5, 5.41) is 0. The number of nitrogens with one attached hydrogen (secondary N) is 1. The van der Waals surface area contributed by atoms with Gasteiger partial charge in [0.2, 0.25) is 5.91 Å². The molecule has 3 N–H and O–H groups in total. The fourth-order valence-corrected chi connectivity index (χ4v) is 2.19. The van der Waals surface area contributed by atoms with E-state index in [1.165, 1.54) is 18.0 Å². The Kier molecular flexibility index (Phi) is 3.48. The zero-order valence-corrected chi connectivity index (χ0v) is 8.17. The van der Waals surface area contributed by atoms with Crippen LogP contribution >= 0.6 is 23.7 Å². The van der Waals surface area contributed by atoms with E-state index in [0.717, 1.165) is 10.1 Å². The summed E-state index contributed by atoms with van der Waals surface area (Å²) in [6.45, 7) is 2.05. The number of aliphatic imine (C=N–C) groups is 1. The molecule has 0 aromatic heterocycles. The number of amides is 1. The van der Waals surface area contributed by atoms with Crippen LogP contribution in [0.15, 0.2) is 16.9 Å². The van der Waals surface area contributed by atoms with E-state index in [9.17, 15) is 4.79 Å². The van der Waals surface area contributed by atoms with Gasteiger partial charge in [-0.3, -0.25) is 4.79 Å². The van der Waals surface area contributed by atoms with E-state index >= 15 is 0 Å². The third-order valence-corrected chi connectivity index (χ3v) is 2.81. The largest absolute Gasteiger partial charge is 0.366 e. The van der Waals surface area contributed by atoms with Crippen LogP contribution in [0.4, 0.5) is 0 Å². The first-order valence-electron chi connectivity index (χ1n) is 3.38. The smallest absolute Gasteiger partial charge is 0.245 e. The quantitative estimate of drug-likeness (QED) is 0.511. The van der Waals surface area contributed by atoms with Gasteiger partial charge in [0.1, 0.15) is 5.82 Å². The highest BCUT2D eigenvalue weighted by Crippen LogP contribution is 2.22. The molecule has 0 unspecified atom stereocenters. The molecule has 12 heavy (non-hydrogen) atoms. The average Bonchev–Trinajstić information content (AvgIpc) is 2.36. The Hall–Kier alpha value is -0.620. The van der Waals surface area contributed by atoms with Gasteiger partial charge >= 0.3 is 0 Å². The molecule has 1 aliphatic heterocycles. The van der Waals surface area contributed by atoms with Crippen LogP contribution in [0.2, 0.25) is 0 Å². The molecule has 0 saturated carbocycles. The number of carbonyl (C=O) groups excluding carboxylic acids is 1. The van der Waals surface area contributed by atoms with Gasteiger partial charge in [-0.1, -0.05) is 18.7 Å². The lowest BCUT2D eigenvalue weighted by Crippen LogP contribution is -2.09. The predicted octanol–water partition coefficient (Wildman–Crippen LogP) is 0.674. The fraction of sp³-hybridized carbons (Fsp3) is 0.333. The highest BCUT2D eigenvalue weighted by atomic mass is 32.2. The minimum atomic E-state index is -0.482. The molecule has 0 aromatic rings. The third kappa shape index (κ3) is 2.78. The van der Waals surface area contributed by atoms with Crippen molar-refractivity contribution in [1.29, 1.82) is 0 Å². The monoisotopic (exact) mass is 203 g/mol. The molecule has 4 nitrogen and oxygen atoms in total. The van der Waals surface area contributed by atoms with E-state index in [0.29, 0.717) is 5.82 Å². The van der Waals surface area contributed by atoms with E-state index in [1.54, 1.807) is 11.8 Å². The summed E-state index contributed by atoms with van der Waals surface area (Å²) in [5.74, 6) is 1.02. The van der Waals surface area contributed by atoms with Crippen molar-refractivity contribution in [3.63, 3.8) is 0 Å². The van der Waals surface area contributed by atoms with Gasteiger partial charge in [-0.15, -0.1) is 0 Å². The number of carbonyl (C=O) groups is 1. The highest BCUT2D eigenvalue weighted by Gasteiger charge is 2.11. The molecule has 0 radical (unpaired) electrons. The summed E-state index contributed by atoms with van der Waals surface area (Å²) in [6.07, 6.45) is 1.27. The van der Waals surface area contributed by atoms with Crippen LogP contribution in [-0.2, 0) is 4.79 Å². The van der Waals surface area contributed by atoms with Crippen LogP contribution in [-0.4, -0.2) is 16.0 Å². The molecule has 0 spiro atoms. The van der Waals surface area contributed by atoms with Crippen molar-refractivity contribution in [1.82, 2.24) is 4.72 Å². The lowest BCUT2D eigenvalue weighted by Gasteiger charge is -1.90. The molecule has 1 heterocycles. The van der Waals surface area contributed by atoms with Gasteiger partial charge in [0.05, 0.1) is 0 Å². The second-order valence-corrected chi connectivity index (χ2v) is 4.25. The summed E-state index contributed by atoms with van der Waals surface area (Å²) in [6, 6.07) is 0. The Bertz CT molecular complexity index is 249. The van der Waals surface area contributed by atoms with Crippen LogP contribution < -0.4 is 10.5 Å². The fourth-order valence-electron chi connectivity index (χ4n) is 0.622. The van der Waals surface area contributed by atoms with Gasteiger partial charge in [-0.05, 0) is 5.75 Å². The molecule has 66 valence electrons. The lowest BCUT2D eigenvalue weighted by molar-refractivity contribution is -0.113. The zero-order chi connectivity index (χ0) is 8.97. The molecule has 6 heteroatoms. The maximum Gasteiger partial charge on any atom is 0.245 e. The molecular formula is C6H9N3OS2. The molecule has 1 aliphatic rings. The number of primary amides is 1. The number of rotatable bonds is 2. The first-order chi connectivity index (χ1) is 5.72. The molecular weight excluding hydrogens is 194 g/mol. The minimum absolute atomic E-state index is 0.482. The van der Waals surface area contributed by atoms with Crippen LogP contribution in [0.5, 0.6) is 0 Å². The Morgan fingerprint density at radius 3 is 3.25 bits per heavy atom. The molecule has 0 fully saturated rings. The molecule has 1 amide bonds. The predicted molar refractivity (Wildman–Crippen MR) is 53.6 cm³/mol. The van der Waals surface area contributed by atoms with Crippen LogP contribution in [0.3, 0.4) is 0 Å². The number of nitrogens with two attached hydrogens (primary N) is 1. The van der Waals surface area contributed by atoms with Crippen molar-refractivity contribution in [2.45, 2.75) is 6.92 Å². The van der Waals surface area contributed by atoms with Crippen LogP contribution in [0, 0.1) is 0 Å². The van der Waals surface area contributed by atoms with E-state index in [2.05, 4.69) is 9.71 Å². The summed E-state index contributed by atoms with van der Waals surface area (Å²) >= 11 is 3.03. The normalized spacial score (nSPS) is 19.1. The van der Waals surface area contributed by atoms with Gasteiger partial charge in [-0.2, -0.15) is 0 Å². The lowest BCUT2D eigenvalue weighted by atomic mass is 10.5. The third-order valence-electron chi connectivity index (χ3n) is 1.00. The van der Waals surface area contributed by atoms with Gasteiger partial charge in [0, 0.05) is 18.0 Å². The van der Waals surface area contributed by atoms with Gasteiger partial charge < -0.3 is 10.5 Å². The van der Waals surface area contributed by atoms with Crippen molar-refractivity contribution in [2.75, 3.05) is 5.75 Å². The Morgan fingerprint density at radius 1 is 1.92 bits per heavy atom. The molecule has 1 rings (SSSR count). The van der Waals surface area contributed by atoms with Gasteiger partial charge in [0.15, 0.2) is 4.38 Å². The van der Waals surface area contributed by atoms with Crippen LogP contribution in [0.25, 0.3) is 0 Å². The second-order valence-electron chi connectivity index (χ2n) is 1.95. The maximum absolute atomic E-state index is 10.4. The molecule has 0 aromatic carbocycles. The Labute approximate surface area is 79.2 Å². The number of hydrogen-bond donors (Lipinski definition) is 2. The van der Waals surface area contributed by atoms with Crippen molar-refractivity contribution in [2.24, 2.45) is 10.7 Å². The topological polar surface area (TPSA) is 67.5 Å². The second kappa shape index (κ2) is 4.42. The van der Waals surface area contributed by atoms with E-state index in [-0.39, 0.29) is 0 Å². The molecule has 0 aliphatic carbocycles. The van der Waals surface area contributed by atoms with Crippen LogP contribution in [0.1, 0.15) is 6.92 Å². The number of hydrogen-bond acceptors (Lipinski definition) is 5. The van der Waals surface area contributed by atoms with Crippen molar-refractivity contribution in [3.05, 3.63) is 11.9 Å². The van der Waals surface area contributed by atoms with Gasteiger partial charge in [-0.25, -0.2) is 4.99 Å². The highest BCUT2D eigenvalue weighted by molar-refractivity contribution is 8.38. The Balaban J connectivity index is 2.58. The Morgan fingerprint density at radius 2 is 2.67 bits per heavy atom. The zero-order valence-electron chi connectivity index (χ0n) is 6.53. The first-order valence-corrected chi connectivity index (χ1v) is 5.18. The van der Waals surface area contributed by atoms with E-state index < -0.39 is 5.91 Å². The first kappa shape index (κ1) is 9.47. The summed E-state index contributed by atoms with van der Waals surface area (Å²) in [7, 11) is 0. The molecule has 0 saturated heterocycles. The number of nitrogens with zero attached hydrogens (tertiary/aromatic N) is 1. The average molecular weight is 203 g/mol. The molecule has 0 atom stereocenters. The van der Waals surface area contributed by atoms with Crippen molar-refractivity contribution >= 4 is 34.0 Å². The van der Waals surface area contributed by atoms with Crippen molar-refractivity contribution in [3.8, 4) is 0 Å². The van der Waals surface area contributed by atoms with E-state index in [1.807, 2.05) is 6.92 Å². The maximum atomic E-state index is 10.4. The van der Waals surface area contributed by atoms with E-state index in [4.69, 9.17) is 5.73 Å². The summed E-state index contributed by atoms with van der Waals surface area (Å²) in [4.78, 5) is 14.6. The van der Waals surface area contributed by atoms with Crippen molar-refractivity contribution < 1.29 is 4.79 Å². The molecule has 0 bridgehead atoms.